The number of ether oxygens (including phenoxy) is 1. The summed E-state index contributed by atoms with van der Waals surface area (Å²) in [6, 6.07) is 7.90. The summed E-state index contributed by atoms with van der Waals surface area (Å²) in [5, 5.41) is 12.6. The molecule has 1 aromatic carbocycles. The molecule has 1 aliphatic carbocycles. The van der Waals surface area contributed by atoms with Crippen molar-refractivity contribution in [2.24, 2.45) is 5.92 Å². The molecule has 0 spiro atoms. The van der Waals surface area contributed by atoms with Crippen molar-refractivity contribution in [1.82, 2.24) is 5.32 Å². The third kappa shape index (κ3) is 5.38. The van der Waals surface area contributed by atoms with Gasteiger partial charge >= 0.3 is 0 Å². The molecule has 0 aromatic heterocycles. The van der Waals surface area contributed by atoms with E-state index in [1.165, 1.54) is 5.56 Å². The van der Waals surface area contributed by atoms with Crippen LogP contribution in [-0.2, 0) is 4.79 Å². The molecule has 0 saturated heterocycles. The zero-order chi connectivity index (χ0) is 15.1. The fourth-order valence-electron chi connectivity index (χ4n) is 2.65. The fraction of sp³-hybridized carbons (Fsp3) is 0.588. The smallest absolute Gasteiger partial charge is 0.220 e. The van der Waals surface area contributed by atoms with Crippen LogP contribution in [0.4, 0.5) is 0 Å². The van der Waals surface area contributed by atoms with Gasteiger partial charge in [-0.05, 0) is 38.3 Å². The van der Waals surface area contributed by atoms with E-state index < -0.39 is 0 Å². The maximum absolute atomic E-state index is 11.7. The van der Waals surface area contributed by atoms with Crippen LogP contribution in [0.1, 0.15) is 37.7 Å². The Bertz CT molecular complexity index is 444. The Kier molecular flexibility index (Phi) is 6.05. The summed E-state index contributed by atoms with van der Waals surface area (Å²) >= 11 is 0. The molecule has 1 aromatic rings. The van der Waals surface area contributed by atoms with Crippen LogP contribution in [-0.4, -0.2) is 30.3 Å². The average molecular weight is 291 g/mol. The maximum atomic E-state index is 11.7. The van der Waals surface area contributed by atoms with Gasteiger partial charge in [0.25, 0.3) is 0 Å². The molecule has 2 N–H and O–H groups in total. The summed E-state index contributed by atoms with van der Waals surface area (Å²) in [4.78, 5) is 11.7. The van der Waals surface area contributed by atoms with Crippen LogP contribution >= 0.6 is 0 Å². The van der Waals surface area contributed by atoms with E-state index in [0.717, 1.165) is 25.0 Å². The molecule has 0 radical (unpaired) electrons. The van der Waals surface area contributed by atoms with Gasteiger partial charge in [0.1, 0.15) is 5.75 Å². The van der Waals surface area contributed by atoms with Gasteiger partial charge in [-0.2, -0.15) is 0 Å². The molecule has 116 valence electrons. The number of rotatable bonds is 7. The first kappa shape index (κ1) is 15.8. The topological polar surface area (TPSA) is 58.6 Å². The molecular formula is C17H25NO3. The van der Waals surface area contributed by atoms with Crippen LogP contribution in [0.5, 0.6) is 5.75 Å². The van der Waals surface area contributed by atoms with E-state index in [2.05, 4.69) is 5.32 Å². The zero-order valence-corrected chi connectivity index (χ0v) is 12.7. The number of carbonyl (C=O) groups excluding carboxylic acids is 1. The predicted molar refractivity (Wildman–Crippen MR) is 82.3 cm³/mol. The second-order valence-corrected chi connectivity index (χ2v) is 5.83. The standard InChI is InChI=1S/C17H25NO3/c1-13-7-9-15(10-8-13)21-11-3-6-17(20)18-12-14-4-2-5-16(14)19/h7-10,14,16,19H,2-6,11-12H2,1H3,(H,18,20). The number of amides is 1. The second kappa shape index (κ2) is 8.03. The normalized spacial score (nSPS) is 21.2. The van der Waals surface area contributed by atoms with Crippen LogP contribution in [0, 0.1) is 12.8 Å². The highest BCUT2D eigenvalue weighted by Crippen LogP contribution is 2.24. The molecule has 1 fully saturated rings. The van der Waals surface area contributed by atoms with Crippen molar-refractivity contribution < 1.29 is 14.6 Å². The summed E-state index contributed by atoms with van der Waals surface area (Å²) in [6.07, 6.45) is 3.87. The first-order valence-electron chi connectivity index (χ1n) is 7.79. The van der Waals surface area contributed by atoms with Crippen molar-refractivity contribution in [1.29, 1.82) is 0 Å². The van der Waals surface area contributed by atoms with Crippen LogP contribution < -0.4 is 10.1 Å². The van der Waals surface area contributed by atoms with E-state index in [1.807, 2.05) is 31.2 Å². The molecule has 0 bridgehead atoms. The summed E-state index contributed by atoms with van der Waals surface area (Å²) in [5.41, 5.74) is 1.20. The maximum Gasteiger partial charge on any atom is 0.220 e. The number of hydrogen-bond donors (Lipinski definition) is 2. The van der Waals surface area contributed by atoms with Gasteiger partial charge in [0.05, 0.1) is 12.7 Å². The van der Waals surface area contributed by atoms with Crippen LogP contribution in [0.3, 0.4) is 0 Å². The van der Waals surface area contributed by atoms with Crippen molar-refractivity contribution in [2.75, 3.05) is 13.2 Å². The lowest BCUT2D eigenvalue weighted by Crippen LogP contribution is -2.32. The van der Waals surface area contributed by atoms with Gasteiger partial charge in [0.15, 0.2) is 0 Å². The van der Waals surface area contributed by atoms with Gasteiger partial charge in [-0.3, -0.25) is 4.79 Å². The third-order valence-electron chi connectivity index (χ3n) is 4.02. The molecule has 4 heteroatoms. The molecule has 2 rings (SSSR count). The Hall–Kier alpha value is -1.55. The van der Waals surface area contributed by atoms with Gasteiger partial charge in [0.2, 0.25) is 5.91 Å². The molecule has 21 heavy (non-hydrogen) atoms. The second-order valence-electron chi connectivity index (χ2n) is 5.83. The average Bonchev–Trinajstić information content (AvgIpc) is 2.89. The minimum absolute atomic E-state index is 0.0432. The van der Waals surface area contributed by atoms with Crippen molar-refractivity contribution >= 4 is 5.91 Å². The fourth-order valence-corrected chi connectivity index (χ4v) is 2.65. The predicted octanol–water partition coefficient (Wildman–Crippen LogP) is 2.43. The van der Waals surface area contributed by atoms with Crippen molar-refractivity contribution in [3.63, 3.8) is 0 Å². The van der Waals surface area contributed by atoms with Crippen molar-refractivity contribution in [3.8, 4) is 5.75 Å². The quantitative estimate of drug-likeness (QED) is 0.759. The lowest BCUT2D eigenvalue weighted by Gasteiger charge is -2.15. The highest BCUT2D eigenvalue weighted by Gasteiger charge is 2.25. The number of aliphatic hydroxyl groups excluding tert-OH is 1. The Morgan fingerprint density at radius 1 is 1.33 bits per heavy atom. The highest BCUT2D eigenvalue weighted by molar-refractivity contribution is 5.75. The monoisotopic (exact) mass is 291 g/mol. The van der Waals surface area contributed by atoms with Gasteiger partial charge < -0.3 is 15.2 Å². The summed E-state index contributed by atoms with van der Waals surface area (Å²) in [7, 11) is 0. The number of aryl methyl sites for hydroxylation is 1. The molecule has 1 saturated carbocycles. The lowest BCUT2D eigenvalue weighted by atomic mass is 10.1. The number of carbonyl (C=O) groups is 1. The summed E-state index contributed by atoms with van der Waals surface area (Å²) in [5.74, 6) is 1.12. The van der Waals surface area contributed by atoms with Gasteiger partial charge in [-0.25, -0.2) is 0 Å². The van der Waals surface area contributed by atoms with Gasteiger partial charge in [-0.1, -0.05) is 24.1 Å². The van der Waals surface area contributed by atoms with Gasteiger partial charge in [-0.15, -0.1) is 0 Å². The zero-order valence-electron chi connectivity index (χ0n) is 12.7. The Morgan fingerprint density at radius 2 is 2.10 bits per heavy atom. The van der Waals surface area contributed by atoms with Crippen LogP contribution in [0.15, 0.2) is 24.3 Å². The summed E-state index contributed by atoms with van der Waals surface area (Å²) < 4.78 is 5.59. The van der Waals surface area contributed by atoms with E-state index in [9.17, 15) is 9.90 Å². The Balaban J connectivity index is 1.55. The van der Waals surface area contributed by atoms with Crippen LogP contribution in [0.25, 0.3) is 0 Å². The van der Waals surface area contributed by atoms with Crippen LogP contribution in [0.2, 0.25) is 0 Å². The lowest BCUT2D eigenvalue weighted by molar-refractivity contribution is -0.121. The molecular weight excluding hydrogens is 266 g/mol. The number of benzene rings is 1. The van der Waals surface area contributed by atoms with E-state index in [4.69, 9.17) is 4.74 Å². The number of nitrogens with one attached hydrogen (secondary N) is 1. The largest absolute Gasteiger partial charge is 0.494 e. The third-order valence-corrected chi connectivity index (χ3v) is 4.02. The van der Waals surface area contributed by atoms with E-state index in [1.54, 1.807) is 0 Å². The van der Waals surface area contributed by atoms with E-state index in [-0.39, 0.29) is 17.9 Å². The minimum atomic E-state index is -0.241. The number of hydrogen-bond acceptors (Lipinski definition) is 3. The molecule has 0 aliphatic heterocycles. The van der Waals surface area contributed by atoms with Crippen molar-refractivity contribution in [3.05, 3.63) is 29.8 Å². The molecule has 4 nitrogen and oxygen atoms in total. The van der Waals surface area contributed by atoms with E-state index in [0.29, 0.717) is 26.0 Å². The SMILES string of the molecule is Cc1ccc(OCCCC(=O)NCC2CCCC2O)cc1. The molecule has 2 unspecified atom stereocenters. The number of aliphatic hydroxyl groups is 1. The van der Waals surface area contributed by atoms with E-state index >= 15 is 0 Å². The molecule has 0 heterocycles. The first-order valence-corrected chi connectivity index (χ1v) is 7.79. The highest BCUT2D eigenvalue weighted by atomic mass is 16.5. The first-order chi connectivity index (χ1) is 10.1. The minimum Gasteiger partial charge on any atom is -0.494 e. The molecule has 1 amide bonds. The molecule has 2 atom stereocenters. The Labute approximate surface area is 126 Å². The Morgan fingerprint density at radius 3 is 2.76 bits per heavy atom. The molecule has 1 aliphatic rings. The summed E-state index contributed by atoms with van der Waals surface area (Å²) in [6.45, 7) is 3.18. The van der Waals surface area contributed by atoms with Gasteiger partial charge in [0, 0.05) is 18.9 Å². The van der Waals surface area contributed by atoms with Crippen molar-refractivity contribution in [2.45, 2.75) is 45.1 Å².